The van der Waals surface area contributed by atoms with E-state index in [-0.39, 0.29) is 6.10 Å². The molecule has 0 amide bonds. The zero-order valence-electron chi connectivity index (χ0n) is 14.8. The van der Waals surface area contributed by atoms with Crippen LogP contribution in [0.15, 0.2) is 30.9 Å². The van der Waals surface area contributed by atoms with Crippen molar-refractivity contribution in [3.63, 3.8) is 0 Å². The third kappa shape index (κ3) is 4.15. The maximum atomic E-state index is 6.46. The second kappa shape index (κ2) is 8.60. The third-order valence-corrected chi connectivity index (χ3v) is 4.15. The van der Waals surface area contributed by atoms with Gasteiger partial charge in [-0.05, 0) is 25.0 Å². The average Bonchev–Trinajstić information content (AvgIpc) is 3.21. The highest BCUT2D eigenvalue weighted by Crippen LogP contribution is 2.40. The number of ether oxygens (including phenoxy) is 2. The molecule has 2 heterocycles. The van der Waals surface area contributed by atoms with E-state index in [2.05, 4.69) is 17.0 Å². The second-order valence-electron chi connectivity index (χ2n) is 5.67. The normalized spacial score (nSPS) is 23.0. The summed E-state index contributed by atoms with van der Waals surface area (Å²) in [7, 11) is 0. The molecule has 2 unspecified atom stereocenters. The molecular weight excluding hydrogens is 326 g/mol. The number of nitrogens with zero attached hydrogens (tertiary/aromatic N) is 3. The van der Waals surface area contributed by atoms with Gasteiger partial charge in [0.1, 0.15) is 19.2 Å². The van der Waals surface area contributed by atoms with Gasteiger partial charge in [0, 0.05) is 10.6 Å². The molecule has 1 fully saturated rings. The van der Waals surface area contributed by atoms with Gasteiger partial charge in [-0.3, -0.25) is 0 Å². The van der Waals surface area contributed by atoms with Crippen molar-refractivity contribution >= 4 is 11.6 Å². The molecule has 1 saturated heterocycles. The lowest BCUT2D eigenvalue weighted by Gasteiger charge is -2.29. The van der Waals surface area contributed by atoms with Crippen LogP contribution in [0.5, 0.6) is 0 Å². The first-order valence-corrected chi connectivity index (χ1v) is 8.91. The van der Waals surface area contributed by atoms with E-state index in [1.807, 2.05) is 39.0 Å². The Morgan fingerprint density at radius 2 is 2.17 bits per heavy atom. The van der Waals surface area contributed by atoms with Crippen molar-refractivity contribution in [2.75, 3.05) is 6.61 Å². The summed E-state index contributed by atoms with van der Waals surface area (Å²) in [6, 6.07) is 5.92. The van der Waals surface area contributed by atoms with Crippen LogP contribution in [0.2, 0.25) is 5.02 Å². The summed E-state index contributed by atoms with van der Waals surface area (Å²) < 4.78 is 14.1. The largest absolute Gasteiger partial charge is 0.342 e. The minimum Gasteiger partial charge on any atom is -0.342 e. The Morgan fingerprint density at radius 3 is 2.79 bits per heavy atom. The highest BCUT2D eigenvalue weighted by molar-refractivity contribution is 6.31. The van der Waals surface area contributed by atoms with Gasteiger partial charge in [-0.15, -0.1) is 0 Å². The Balaban J connectivity index is 0.00000100. The Kier molecular flexibility index (Phi) is 6.78. The van der Waals surface area contributed by atoms with Crippen LogP contribution in [-0.4, -0.2) is 27.5 Å². The Bertz CT molecular complexity index is 633. The zero-order chi connectivity index (χ0) is 17.6. The summed E-state index contributed by atoms with van der Waals surface area (Å²) >= 11 is 6.46. The first kappa shape index (κ1) is 18.9. The van der Waals surface area contributed by atoms with E-state index in [0.29, 0.717) is 18.2 Å². The number of hydrogen-bond donors (Lipinski definition) is 0. The predicted molar refractivity (Wildman–Crippen MR) is 95.0 cm³/mol. The standard InChI is InChI=1S/C16H20ClN3O2.C2H6/c1-3-4-13-8-21-16(22-13,9-20-11-18-10-19-20)14-6-5-12(2)7-15(14)17;1-2/h5-7,10-11,13H,3-4,8-9H2,1-2H3;1-2H3. The summed E-state index contributed by atoms with van der Waals surface area (Å²) in [6.07, 6.45) is 5.25. The average molecular weight is 352 g/mol. The van der Waals surface area contributed by atoms with Gasteiger partial charge in [0.2, 0.25) is 5.79 Å². The van der Waals surface area contributed by atoms with E-state index in [0.717, 1.165) is 24.0 Å². The van der Waals surface area contributed by atoms with Crippen LogP contribution in [-0.2, 0) is 21.8 Å². The van der Waals surface area contributed by atoms with Gasteiger partial charge in [-0.2, -0.15) is 5.10 Å². The lowest BCUT2D eigenvalue weighted by molar-refractivity contribution is -0.189. The van der Waals surface area contributed by atoms with Crippen molar-refractivity contribution in [3.8, 4) is 0 Å². The van der Waals surface area contributed by atoms with Crippen molar-refractivity contribution in [1.82, 2.24) is 14.8 Å². The summed E-state index contributed by atoms with van der Waals surface area (Å²) in [5, 5.41) is 4.82. The predicted octanol–water partition coefficient (Wildman–Crippen LogP) is 4.33. The minimum absolute atomic E-state index is 0.0749. The van der Waals surface area contributed by atoms with Gasteiger partial charge in [-0.1, -0.05) is 50.9 Å². The van der Waals surface area contributed by atoms with E-state index < -0.39 is 5.79 Å². The Labute approximate surface area is 148 Å². The van der Waals surface area contributed by atoms with E-state index >= 15 is 0 Å². The molecule has 1 aliphatic rings. The number of aryl methyl sites for hydroxylation is 1. The van der Waals surface area contributed by atoms with Gasteiger partial charge in [-0.25, -0.2) is 9.67 Å². The van der Waals surface area contributed by atoms with Crippen molar-refractivity contribution in [2.24, 2.45) is 0 Å². The van der Waals surface area contributed by atoms with E-state index in [1.165, 1.54) is 6.33 Å². The molecule has 1 aliphatic heterocycles. The monoisotopic (exact) mass is 351 g/mol. The molecule has 0 N–H and O–H groups in total. The summed E-state index contributed by atoms with van der Waals surface area (Å²) in [4.78, 5) is 3.99. The molecule has 0 aliphatic carbocycles. The molecule has 6 heteroatoms. The van der Waals surface area contributed by atoms with Gasteiger partial charge < -0.3 is 9.47 Å². The molecule has 5 nitrogen and oxygen atoms in total. The fourth-order valence-corrected chi connectivity index (χ4v) is 3.17. The van der Waals surface area contributed by atoms with E-state index in [1.54, 1.807) is 11.0 Å². The Hall–Kier alpha value is -1.43. The second-order valence-corrected chi connectivity index (χ2v) is 6.08. The van der Waals surface area contributed by atoms with E-state index in [4.69, 9.17) is 21.1 Å². The highest BCUT2D eigenvalue weighted by Gasteiger charge is 2.45. The van der Waals surface area contributed by atoms with Crippen LogP contribution in [0.3, 0.4) is 0 Å². The van der Waals surface area contributed by atoms with Crippen LogP contribution in [0.25, 0.3) is 0 Å². The quantitative estimate of drug-likeness (QED) is 0.804. The summed E-state index contributed by atoms with van der Waals surface area (Å²) in [5.74, 6) is -0.904. The summed E-state index contributed by atoms with van der Waals surface area (Å²) in [5.41, 5.74) is 1.95. The SMILES string of the molecule is CC.CCCC1COC(Cn2cncn2)(c2ccc(C)cc2Cl)O1. The topological polar surface area (TPSA) is 49.2 Å². The summed E-state index contributed by atoms with van der Waals surface area (Å²) in [6.45, 7) is 9.14. The zero-order valence-corrected chi connectivity index (χ0v) is 15.6. The van der Waals surface area contributed by atoms with Gasteiger partial charge in [0.15, 0.2) is 0 Å². The van der Waals surface area contributed by atoms with E-state index in [9.17, 15) is 0 Å². The smallest absolute Gasteiger partial charge is 0.217 e. The van der Waals surface area contributed by atoms with Crippen molar-refractivity contribution < 1.29 is 9.47 Å². The molecule has 1 aromatic heterocycles. The molecule has 132 valence electrons. The van der Waals surface area contributed by atoms with Crippen LogP contribution in [0.1, 0.15) is 44.7 Å². The van der Waals surface area contributed by atoms with Gasteiger partial charge in [0.25, 0.3) is 0 Å². The molecule has 0 bridgehead atoms. The fraction of sp³-hybridized carbons (Fsp3) is 0.556. The highest BCUT2D eigenvalue weighted by atomic mass is 35.5. The fourth-order valence-electron chi connectivity index (χ4n) is 2.80. The first-order valence-electron chi connectivity index (χ1n) is 8.54. The van der Waals surface area contributed by atoms with Crippen molar-refractivity contribution in [2.45, 2.75) is 59.0 Å². The number of benzene rings is 1. The van der Waals surface area contributed by atoms with Crippen molar-refractivity contribution in [3.05, 3.63) is 47.0 Å². The molecule has 24 heavy (non-hydrogen) atoms. The maximum Gasteiger partial charge on any atom is 0.217 e. The van der Waals surface area contributed by atoms with Gasteiger partial charge in [0.05, 0.1) is 12.7 Å². The van der Waals surface area contributed by atoms with Crippen LogP contribution in [0.4, 0.5) is 0 Å². The molecular formula is C18H26ClN3O2. The molecule has 2 atom stereocenters. The molecule has 1 aromatic carbocycles. The Morgan fingerprint density at radius 1 is 1.38 bits per heavy atom. The molecule has 3 rings (SSSR count). The van der Waals surface area contributed by atoms with Crippen molar-refractivity contribution in [1.29, 1.82) is 0 Å². The third-order valence-electron chi connectivity index (χ3n) is 3.84. The molecule has 2 aromatic rings. The maximum absolute atomic E-state index is 6.46. The molecule has 0 spiro atoms. The lowest BCUT2D eigenvalue weighted by Crippen LogP contribution is -2.34. The number of hydrogen-bond acceptors (Lipinski definition) is 4. The van der Waals surface area contributed by atoms with Crippen LogP contribution < -0.4 is 0 Å². The number of aromatic nitrogens is 3. The van der Waals surface area contributed by atoms with Gasteiger partial charge >= 0.3 is 0 Å². The number of rotatable bonds is 5. The first-order chi connectivity index (χ1) is 11.6. The number of halogens is 1. The molecule has 0 saturated carbocycles. The lowest BCUT2D eigenvalue weighted by atomic mass is 10.0. The molecule has 0 radical (unpaired) electrons. The van der Waals surface area contributed by atoms with Crippen LogP contribution >= 0.6 is 11.6 Å². The minimum atomic E-state index is -0.904. The van der Waals surface area contributed by atoms with Crippen LogP contribution in [0, 0.1) is 6.92 Å².